The molecule has 3 atom stereocenters. The number of nitrogens with zero attached hydrogens (tertiary/aromatic N) is 3. The third-order valence-corrected chi connectivity index (χ3v) is 8.64. The third kappa shape index (κ3) is 3.94. The van der Waals surface area contributed by atoms with Gasteiger partial charge in [-0.1, -0.05) is 73.5 Å². The number of aliphatic carboxylic acids is 1. The van der Waals surface area contributed by atoms with Crippen LogP contribution in [0.3, 0.4) is 0 Å². The van der Waals surface area contributed by atoms with Crippen molar-refractivity contribution < 1.29 is 14.7 Å². The first-order valence-corrected chi connectivity index (χ1v) is 13.4. The number of allylic oxidation sites excluding steroid dienone is 1. The molecule has 0 unspecified atom stereocenters. The van der Waals surface area contributed by atoms with Crippen LogP contribution in [0.4, 0.5) is 0 Å². The monoisotopic (exact) mass is 503 g/mol. The predicted octanol–water partition coefficient (Wildman–Crippen LogP) is 5.62. The Bertz CT molecular complexity index is 1270. The van der Waals surface area contributed by atoms with Gasteiger partial charge in [0, 0.05) is 12.2 Å². The number of carboxylic acids is 1. The lowest BCUT2D eigenvalue weighted by Gasteiger charge is -2.37. The molecule has 188 valence electrons. The van der Waals surface area contributed by atoms with E-state index in [1.54, 1.807) is 0 Å². The van der Waals surface area contributed by atoms with Gasteiger partial charge in [0.25, 0.3) is 5.91 Å². The Morgan fingerprint density at radius 1 is 1.06 bits per heavy atom. The molecule has 1 amide bonds. The van der Waals surface area contributed by atoms with Gasteiger partial charge in [-0.3, -0.25) is 4.79 Å². The fraction of sp³-hybridized carbons (Fsp3) is 0.414. The number of carbonyl (C=O) groups is 2. The van der Waals surface area contributed by atoms with E-state index in [0.29, 0.717) is 24.3 Å². The van der Waals surface area contributed by atoms with Crippen LogP contribution in [-0.2, 0) is 15.1 Å². The van der Waals surface area contributed by atoms with E-state index in [1.165, 1.54) is 27.8 Å². The number of aryl methyl sites for hydroxylation is 2. The van der Waals surface area contributed by atoms with E-state index in [1.807, 2.05) is 0 Å². The summed E-state index contributed by atoms with van der Waals surface area (Å²) in [6.07, 6.45) is 1.21. The highest BCUT2D eigenvalue weighted by Crippen LogP contribution is 2.56. The van der Waals surface area contributed by atoms with Crippen LogP contribution in [0.2, 0.25) is 0 Å². The van der Waals surface area contributed by atoms with Crippen molar-refractivity contribution >= 4 is 28.8 Å². The fourth-order valence-corrected chi connectivity index (χ4v) is 7.03. The molecular formula is C29H33N3O3S. The van der Waals surface area contributed by atoms with Crippen molar-refractivity contribution in [2.75, 3.05) is 6.54 Å². The topological polar surface area (TPSA) is 73.2 Å². The molecule has 0 spiro atoms. The Balaban J connectivity index is 1.63. The molecule has 1 fully saturated rings. The second-order valence-corrected chi connectivity index (χ2v) is 11.5. The van der Waals surface area contributed by atoms with Gasteiger partial charge in [0.05, 0.1) is 6.04 Å². The summed E-state index contributed by atoms with van der Waals surface area (Å²) in [5.74, 6) is -1.06. The lowest BCUT2D eigenvalue weighted by atomic mass is 9.80. The Morgan fingerprint density at radius 2 is 1.67 bits per heavy atom. The van der Waals surface area contributed by atoms with E-state index in [2.05, 4.69) is 88.0 Å². The summed E-state index contributed by atoms with van der Waals surface area (Å²) >= 11 is 1.40. The minimum atomic E-state index is -0.933. The molecule has 0 radical (unpaired) electrons. The van der Waals surface area contributed by atoms with Crippen LogP contribution in [0.5, 0.6) is 0 Å². The Hall–Kier alpha value is -3.06. The van der Waals surface area contributed by atoms with E-state index in [-0.39, 0.29) is 17.9 Å². The summed E-state index contributed by atoms with van der Waals surface area (Å²) in [4.78, 5) is 35.3. The van der Waals surface area contributed by atoms with Crippen molar-refractivity contribution in [2.24, 2.45) is 10.9 Å². The second-order valence-electron chi connectivity index (χ2n) is 10.6. The maximum Gasteiger partial charge on any atom is 0.326 e. The quantitative estimate of drug-likeness (QED) is 0.573. The summed E-state index contributed by atoms with van der Waals surface area (Å²) in [6.45, 7) is 11.0. The first-order valence-electron chi connectivity index (χ1n) is 12.6. The average molecular weight is 504 g/mol. The van der Waals surface area contributed by atoms with Crippen LogP contribution < -0.4 is 0 Å². The van der Waals surface area contributed by atoms with E-state index >= 15 is 0 Å². The first-order chi connectivity index (χ1) is 17.1. The maximum absolute atomic E-state index is 13.8. The number of hydrogen-bond donors (Lipinski definition) is 1. The largest absolute Gasteiger partial charge is 0.480 e. The molecule has 0 saturated carbocycles. The number of carboxylic acid groups (broad SMARTS) is 1. The lowest BCUT2D eigenvalue weighted by Crippen LogP contribution is -2.41. The molecule has 2 aromatic rings. The van der Waals surface area contributed by atoms with Crippen LogP contribution in [0.1, 0.15) is 61.9 Å². The SMILES string of the molecule is Cc1ccc([C@H]2N3C(=N[C@@]2(C)c2ccc(C)cc2)SC(C(=O)N2CCC[C@H]2C(=O)O)=C3C(C)C)cc1. The molecule has 5 rings (SSSR count). The number of likely N-dealkylation sites (tertiary alicyclic amines) is 1. The third-order valence-electron chi connectivity index (χ3n) is 7.58. The number of amides is 1. The van der Waals surface area contributed by atoms with Crippen LogP contribution in [0.15, 0.2) is 64.1 Å². The van der Waals surface area contributed by atoms with Gasteiger partial charge in [0.15, 0.2) is 5.17 Å². The van der Waals surface area contributed by atoms with Crippen molar-refractivity contribution in [1.82, 2.24) is 9.80 Å². The normalized spacial score (nSPS) is 25.6. The number of thioether (sulfide) groups is 1. The summed E-state index contributed by atoms with van der Waals surface area (Å²) in [5.41, 5.74) is 5.04. The molecule has 6 nitrogen and oxygen atoms in total. The highest BCUT2D eigenvalue weighted by molar-refractivity contribution is 8.18. The van der Waals surface area contributed by atoms with Gasteiger partial charge in [0.2, 0.25) is 0 Å². The second kappa shape index (κ2) is 9.11. The van der Waals surface area contributed by atoms with Crippen molar-refractivity contribution in [2.45, 2.75) is 65.1 Å². The van der Waals surface area contributed by atoms with Gasteiger partial charge in [-0.2, -0.15) is 0 Å². The number of benzene rings is 2. The Kier molecular flexibility index (Phi) is 6.23. The molecule has 36 heavy (non-hydrogen) atoms. The van der Waals surface area contributed by atoms with E-state index in [9.17, 15) is 14.7 Å². The van der Waals surface area contributed by atoms with Crippen LogP contribution in [0, 0.1) is 19.8 Å². The molecule has 3 heterocycles. The standard InChI is InChI=1S/C29H33N3O3S/c1-17(2)23-24(26(33)31-16-6-7-22(31)27(34)35)36-28-30-29(5,21-14-10-19(4)11-15-21)25(32(23)28)20-12-8-18(3)9-13-20/h8-15,17,22,25H,6-7,16H2,1-5H3,(H,34,35)/t22-,25+,29-/m0/s1. The van der Waals surface area contributed by atoms with Gasteiger partial charge < -0.3 is 14.9 Å². The van der Waals surface area contributed by atoms with Gasteiger partial charge in [0.1, 0.15) is 16.5 Å². The number of amidine groups is 1. The molecule has 0 aliphatic carbocycles. The van der Waals surface area contributed by atoms with Crippen molar-refractivity contribution in [1.29, 1.82) is 0 Å². The smallest absolute Gasteiger partial charge is 0.326 e. The van der Waals surface area contributed by atoms with E-state index in [4.69, 9.17) is 4.99 Å². The number of hydrogen-bond acceptors (Lipinski definition) is 5. The molecule has 0 aromatic heterocycles. The number of rotatable bonds is 5. The lowest BCUT2D eigenvalue weighted by molar-refractivity contribution is -0.146. The molecular weight excluding hydrogens is 470 g/mol. The Morgan fingerprint density at radius 3 is 2.25 bits per heavy atom. The zero-order valence-electron chi connectivity index (χ0n) is 21.5. The summed E-state index contributed by atoms with van der Waals surface area (Å²) in [5, 5.41) is 10.5. The maximum atomic E-state index is 13.8. The first kappa shape index (κ1) is 24.6. The van der Waals surface area contributed by atoms with Crippen LogP contribution >= 0.6 is 11.8 Å². The van der Waals surface area contributed by atoms with Crippen molar-refractivity contribution in [3.05, 3.63) is 81.4 Å². The highest BCUT2D eigenvalue weighted by atomic mass is 32.2. The minimum Gasteiger partial charge on any atom is -0.480 e. The molecule has 7 heteroatoms. The van der Waals surface area contributed by atoms with Crippen LogP contribution in [-0.4, -0.2) is 44.5 Å². The summed E-state index contributed by atoms with van der Waals surface area (Å²) < 4.78 is 0. The zero-order chi connectivity index (χ0) is 25.8. The number of carbonyl (C=O) groups excluding carboxylic acids is 1. The molecule has 1 N–H and O–H groups in total. The zero-order valence-corrected chi connectivity index (χ0v) is 22.3. The molecule has 3 aliphatic rings. The average Bonchev–Trinajstić information content (AvgIpc) is 3.52. The van der Waals surface area contributed by atoms with E-state index in [0.717, 1.165) is 22.0 Å². The van der Waals surface area contributed by atoms with Gasteiger partial charge in [-0.05, 0) is 62.4 Å². The summed E-state index contributed by atoms with van der Waals surface area (Å²) in [7, 11) is 0. The number of fused-ring (bicyclic) bond motifs is 1. The molecule has 2 aromatic carbocycles. The fourth-order valence-electron chi connectivity index (χ4n) is 5.67. The van der Waals surface area contributed by atoms with Crippen LogP contribution in [0.25, 0.3) is 0 Å². The van der Waals surface area contributed by atoms with Gasteiger partial charge in [-0.15, -0.1) is 0 Å². The molecule has 0 bridgehead atoms. The number of aliphatic imine (C=N–C) groups is 1. The van der Waals surface area contributed by atoms with E-state index < -0.39 is 17.6 Å². The van der Waals surface area contributed by atoms with Gasteiger partial charge >= 0.3 is 5.97 Å². The predicted molar refractivity (Wildman–Crippen MR) is 144 cm³/mol. The minimum absolute atomic E-state index is 0.0587. The van der Waals surface area contributed by atoms with Gasteiger partial charge in [-0.25, -0.2) is 9.79 Å². The van der Waals surface area contributed by atoms with Crippen molar-refractivity contribution in [3.63, 3.8) is 0 Å². The van der Waals surface area contributed by atoms with Crippen molar-refractivity contribution in [3.8, 4) is 0 Å². The summed E-state index contributed by atoms with van der Waals surface area (Å²) in [6, 6.07) is 16.2. The molecule has 1 saturated heterocycles. The molecule has 3 aliphatic heterocycles. The Labute approximate surface area is 217 Å². The highest BCUT2D eigenvalue weighted by Gasteiger charge is 2.53.